The molecule has 6 nitrogen and oxygen atoms in total. The zero-order valence-electron chi connectivity index (χ0n) is 15.5. The van der Waals surface area contributed by atoms with E-state index >= 15 is 0 Å². The number of thiophene rings is 1. The predicted molar refractivity (Wildman–Crippen MR) is 107 cm³/mol. The van der Waals surface area contributed by atoms with Gasteiger partial charge in [-0.1, -0.05) is 19.1 Å². The number of methoxy groups -OCH3 is 1. The van der Waals surface area contributed by atoms with Crippen molar-refractivity contribution in [2.45, 2.75) is 26.2 Å². The first-order valence-electron chi connectivity index (χ1n) is 8.98. The quantitative estimate of drug-likeness (QED) is 0.675. The summed E-state index contributed by atoms with van der Waals surface area (Å²) in [6.07, 6.45) is 2.77. The van der Waals surface area contributed by atoms with Crippen LogP contribution in [0.2, 0.25) is 0 Å². The standard InChI is InChI=1S/C21H18N2O4S/c1-11-6-7-13-15(10-22)20(28-17(13)8-11)23-19(24)14-9-12-4-3-5-16(26-2)18(12)27-21(14)25/h3-5,9,11H,6-8H2,1-2H3,(H,23,24). The van der Waals surface area contributed by atoms with Gasteiger partial charge in [-0.2, -0.15) is 5.26 Å². The predicted octanol–water partition coefficient (Wildman–Crippen LogP) is 4.11. The van der Waals surface area contributed by atoms with Gasteiger partial charge in [-0.05, 0) is 42.9 Å². The van der Waals surface area contributed by atoms with Crippen LogP contribution in [-0.2, 0) is 12.8 Å². The van der Waals surface area contributed by atoms with Crippen LogP contribution in [-0.4, -0.2) is 13.0 Å². The number of nitriles is 1. The van der Waals surface area contributed by atoms with Crippen LogP contribution < -0.4 is 15.7 Å². The van der Waals surface area contributed by atoms with Crippen LogP contribution in [0.3, 0.4) is 0 Å². The third-order valence-electron chi connectivity index (χ3n) is 5.04. The van der Waals surface area contributed by atoms with Crippen LogP contribution in [0.25, 0.3) is 11.0 Å². The normalized spacial score (nSPS) is 15.7. The van der Waals surface area contributed by atoms with Crippen LogP contribution in [0.5, 0.6) is 5.75 Å². The fourth-order valence-electron chi connectivity index (χ4n) is 3.56. The molecule has 1 N–H and O–H groups in total. The second kappa shape index (κ2) is 7.13. The molecule has 0 saturated carbocycles. The molecule has 1 aromatic carbocycles. The lowest BCUT2D eigenvalue weighted by molar-refractivity contribution is 0.102. The monoisotopic (exact) mass is 394 g/mol. The van der Waals surface area contributed by atoms with Crippen molar-refractivity contribution < 1.29 is 13.9 Å². The number of rotatable bonds is 3. The van der Waals surface area contributed by atoms with Crippen molar-refractivity contribution in [3.8, 4) is 11.8 Å². The number of carbonyl (C=O) groups excluding carboxylic acids is 1. The molecule has 1 aliphatic carbocycles. The van der Waals surface area contributed by atoms with Gasteiger partial charge in [0.15, 0.2) is 11.3 Å². The van der Waals surface area contributed by atoms with Crippen molar-refractivity contribution in [1.82, 2.24) is 0 Å². The summed E-state index contributed by atoms with van der Waals surface area (Å²) in [7, 11) is 1.48. The number of nitrogens with zero attached hydrogens (tertiary/aromatic N) is 1. The van der Waals surface area contributed by atoms with E-state index < -0.39 is 11.5 Å². The Morgan fingerprint density at radius 2 is 2.25 bits per heavy atom. The van der Waals surface area contributed by atoms with Gasteiger partial charge < -0.3 is 14.5 Å². The van der Waals surface area contributed by atoms with Gasteiger partial charge in [-0.3, -0.25) is 4.79 Å². The SMILES string of the molecule is COc1cccc2cc(C(=O)Nc3sc4c(c3C#N)CCC(C)C4)c(=O)oc12. The third-order valence-corrected chi connectivity index (χ3v) is 6.21. The minimum absolute atomic E-state index is 0.107. The molecule has 0 radical (unpaired) electrons. The van der Waals surface area contributed by atoms with E-state index in [2.05, 4.69) is 18.3 Å². The average Bonchev–Trinajstić information content (AvgIpc) is 3.02. The molecule has 3 aromatic rings. The van der Waals surface area contributed by atoms with Crippen LogP contribution in [0, 0.1) is 17.2 Å². The topological polar surface area (TPSA) is 92.3 Å². The van der Waals surface area contributed by atoms with Gasteiger partial charge >= 0.3 is 5.63 Å². The number of amides is 1. The summed E-state index contributed by atoms with van der Waals surface area (Å²) in [6, 6.07) is 8.88. The number of anilines is 1. The van der Waals surface area contributed by atoms with Gasteiger partial charge in [-0.15, -0.1) is 11.3 Å². The highest BCUT2D eigenvalue weighted by atomic mass is 32.1. The molecule has 0 spiro atoms. The molecule has 2 heterocycles. The largest absolute Gasteiger partial charge is 0.493 e. The summed E-state index contributed by atoms with van der Waals surface area (Å²) in [5.74, 6) is 0.402. The van der Waals surface area contributed by atoms with Gasteiger partial charge in [0.1, 0.15) is 16.6 Å². The van der Waals surface area contributed by atoms with E-state index in [1.165, 1.54) is 24.5 Å². The Kier molecular flexibility index (Phi) is 4.65. The van der Waals surface area contributed by atoms with E-state index in [1.807, 2.05) is 0 Å². The highest BCUT2D eigenvalue weighted by molar-refractivity contribution is 7.16. The van der Waals surface area contributed by atoms with Crippen molar-refractivity contribution in [2.24, 2.45) is 5.92 Å². The first kappa shape index (κ1) is 18.3. The first-order valence-corrected chi connectivity index (χ1v) is 9.80. The van der Waals surface area contributed by atoms with Crippen molar-refractivity contribution in [2.75, 3.05) is 12.4 Å². The maximum Gasteiger partial charge on any atom is 0.349 e. The van der Waals surface area contributed by atoms with E-state index in [0.29, 0.717) is 33.2 Å². The van der Waals surface area contributed by atoms with Gasteiger partial charge in [0.05, 0.1) is 12.7 Å². The molecule has 0 fully saturated rings. The molecule has 1 atom stereocenters. The van der Waals surface area contributed by atoms with Crippen LogP contribution in [0.15, 0.2) is 33.5 Å². The second-order valence-electron chi connectivity index (χ2n) is 6.95. The minimum atomic E-state index is -0.747. The number of fused-ring (bicyclic) bond motifs is 2. The molecule has 1 unspecified atom stereocenters. The molecular formula is C21H18N2O4S. The highest BCUT2D eigenvalue weighted by Gasteiger charge is 2.25. The van der Waals surface area contributed by atoms with E-state index in [1.54, 1.807) is 18.2 Å². The smallest absolute Gasteiger partial charge is 0.349 e. The Hall–Kier alpha value is -3.11. The van der Waals surface area contributed by atoms with Gasteiger partial charge in [0.2, 0.25) is 0 Å². The molecule has 2 aromatic heterocycles. The molecule has 1 aliphatic rings. The lowest BCUT2D eigenvalue weighted by Crippen LogP contribution is -2.20. The fourth-order valence-corrected chi connectivity index (χ4v) is 4.92. The van der Waals surface area contributed by atoms with Crippen LogP contribution >= 0.6 is 11.3 Å². The zero-order valence-corrected chi connectivity index (χ0v) is 16.3. The lowest BCUT2D eigenvalue weighted by atomic mass is 9.88. The van der Waals surface area contributed by atoms with Crippen LogP contribution in [0.1, 0.15) is 39.7 Å². The Morgan fingerprint density at radius 3 is 3.00 bits per heavy atom. The molecule has 142 valence electrons. The van der Waals surface area contributed by atoms with E-state index in [4.69, 9.17) is 9.15 Å². The molecule has 0 bridgehead atoms. The summed E-state index contributed by atoms with van der Waals surface area (Å²) in [5.41, 5.74) is 0.973. The molecule has 0 aliphatic heterocycles. The van der Waals surface area contributed by atoms with E-state index in [0.717, 1.165) is 29.7 Å². The average molecular weight is 394 g/mol. The maximum absolute atomic E-state index is 12.8. The summed E-state index contributed by atoms with van der Waals surface area (Å²) < 4.78 is 10.5. The lowest BCUT2D eigenvalue weighted by Gasteiger charge is -2.17. The number of ether oxygens (including phenoxy) is 1. The second-order valence-corrected chi connectivity index (χ2v) is 8.05. The van der Waals surface area contributed by atoms with Crippen molar-refractivity contribution >= 4 is 33.2 Å². The fraction of sp³-hybridized carbons (Fsp3) is 0.286. The van der Waals surface area contributed by atoms with E-state index in [9.17, 15) is 14.9 Å². The molecule has 1 amide bonds. The summed E-state index contributed by atoms with van der Waals surface area (Å²) in [6.45, 7) is 2.18. The zero-order chi connectivity index (χ0) is 19.8. The number of para-hydroxylation sites is 1. The Balaban J connectivity index is 1.71. The number of carbonyl (C=O) groups is 1. The summed E-state index contributed by atoms with van der Waals surface area (Å²) in [4.78, 5) is 26.3. The molecule has 7 heteroatoms. The van der Waals surface area contributed by atoms with Crippen molar-refractivity contribution in [3.63, 3.8) is 0 Å². The molecule has 28 heavy (non-hydrogen) atoms. The van der Waals surface area contributed by atoms with Crippen molar-refractivity contribution in [1.29, 1.82) is 5.26 Å². The number of hydrogen-bond donors (Lipinski definition) is 1. The maximum atomic E-state index is 12.8. The first-order chi connectivity index (χ1) is 13.5. The molecular weight excluding hydrogens is 376 g/mol. The van der Waals surface area contributed by atoms with E-state index in [-0.39, 0.29) is 5.56 Å². The van der Waals surface area contributed by atoms with Crippen molar-refractivity contribution in [3.05, 3.63) is 56.3 Å². The van der Waals surface area contributed by atoms with Crippen LogP contribution in [0.4, 0.5) is 5.00 Å². The highest BCUT2D eigenvalue weighted by Crippen LogP contribution is 2.39. The number of hydrogen-bond acceptors (Lipinski definition) is 6. The molecule has 4 rings (SSSR count). The molecule has 0 saturated heterocycles. The van der Waals surface area contributed by atoms with Gasteiger partial charge in [0.25, 0.3) is 5.91 Å². The van der Waals surface area contributed by atoms with Gasteiger partial charge in [-0.25, -0.2) is 4.79 Å². The minimum Gasteiger partial charge on any atom is -0.493 e. The number of nitrogens with one attached hydrogen (secondary N) is 1. The Labute approximate surface area is 165 Å². The Morgan fingerprint density at radius 1 is 1.43 bits per heavy atom. The third kappa shape index (κ3) is 3.06. The summed E-state index contributed by atoms with van der Waals surface area (Å²) >= 11 is 1.42. The van der Waals surface area contributed by atoms with Gasteiger partial charge in [0, 0.05) is 10.3 Å². The summed E-state index contributed by atoms with van der Waals surface area (Å²) in [5, 5.41) is 13.4. The Bertz CT molecular complexity index is 1190. The number of benzene rings is 1.